The van der Waals surface area contributed by atoms with Crippen molar-refractivity contribution in [2.24, 2.45) is 5.10 Å². The molecule has 1 aliphatic heterocycles. The van der Waals surface area contributed by atoms with Crippen LogP contribution in [0.5, 0.6) is 0 Å². The van der Waals surface area contributed by atoms with Gasteiger partial charge in [0.05, 0.1) is 24.0 Å². The number of hydrazone groups is 1. The van der Waals surface area contributed by atoms with Crippen molar-refractivity contribution in [1.29, 1.82) is 0 Å². The summed E-state index contributed by atoms with van der Waals surface area (Å²) in [6, 6.07) is 18.5. The minimum atomic E-state index is 0.707. The van der Waals surface area contributed by atoms with E-state index in [1.807, 2.05) is 46.2 Å². The number of halogens is 1. The smallest absolute Gasteiger partial charge is 0.177 e. The lowest BCUT2D eigenvalue weighted by atomic mass is 10.2. The summed E-state index contributed by atoms with van der Waals surface area (Å²) < 4.78 is 2.97. The summed E-state index contributed by atoms with van der Waals surface area (Å²) >= 11 is 2.32. The first-order chi connectivity index (χ1) is 12.2. The molecule has 1 aromatic heterocycles. The lowest BCUT2D eigenvalue weighted by Gasteiger charge is -2.18. The summed E-state index contributed by atoms with van der Waals surface area (Å²) in [5, 5.41) is 11.0. The molecule has 7 heteroatoms. The average molecular weight is 444 g/mol. The molecule has 25 heavy (non-hydrogen) atoms. The molecule has 0 atom stereocenters. The van der Waals surface area contributed by atoms with Crippen LogP contribution in [0.4, 0.5) is 0 Å². The summed E-state index contributed by atoms with van der Waals surface area (Å²) in [4.78, 5) is 0. The Bertz CT molecular complexity index is 918. The second-order valence-electron chi connectivity index (χ2n) is 5.78. The fourth-order valence-electron chi connectivity index (χ4n) is 2.79. The van der Waals surface area contributed by atoms with E-state index in [2.05, 4.69) is 75.0 Å². The SMILES string of the molecule is Cc1ccccc1-n1ncc(C2=NNNN2Cc2ccccc2)c1I. The molecule has 4 rings (SSSR count). The van der Waals surface area contributed by atoms with Crippen LogP contribution in [0.25, 0.3) is 5.69 Å². The van der Waals surface area contributed by atoms with Gasteiger partial charge in [-0.05, 0) is 46.7 Å². The molecule has 0 fully saturated rings. The molecular weight excluding hydrogens is 427 g/mol. The number of aromatic nitrogens is 2. The van der Waals surface area contributed by atoms with Gasteiger partial charge >= 0.3 is 0 Å². The van der Waals surface area contributed by atoms with Gasteiger partial charge in [-0.1, -0.05) is 48.5 Å². The van der Waals surface area contributed by atoms with Crippen LogP contribution in [-0.4, -0.2) is 20.6 Å². The van der Waals surface area contributed by atoms with E-state index in [0.717, 1.165) is 20.8 Å². The van der Waals surface area contributed by atoms with Crippen LogP contribution in [0, 0.1) is 10.6 Å². The topological polar surface area (TPSA) is 57.5 Å². The van der Waals surface area contributed by atoms with Gasteiger partial charge in [0.15, 0.2) is 5.84 Å². The fourth-order valence-corrected chi connectivity index (χ4v) is 3.56. The van der Waals surface area contributed by atoms with Crippen molar-refractivity contribution in [2.45, 2.75) is 13.5 Å². The van der Waals surface area contributed by atoms with Gasteiger partial charge in [0.2, 0.25) is 0 Å². The van der Waals surface area contributed by atoms with Crippen molar-refractivity contribution in [1.82, 2.24) is 25.9 Å². The van der Waals surface area contributed by atoms with Crippen molar-refractivity contribution in [3.63, 3.8) is 0 Å². The van der Waals surface area contributed by atoms with Gasteiger partial charge in [0.1, 0.15) is 3.70 Å². The summed E-state index contributed by atoms with van der Waals surface area (Å²) in [6.07, 6.45) is 1.86. The number of hydrogen-bond acceptors (Lipinski definition) is 5. The Balaban J connectivity index is 1.65. The van der Waals surface area contributed by atoms with Crippen LogP contribution in [0.3, 0.4) is 0 Å². The molecule has 0 bridgehead atoms. The fraction of sp³-hybridized carbons (Fsp3) is 0.111. The highest BCUT2D eigenvalue weighted by atomic mass is 127. The quantitative estimate of drug-likeness (QED) is 0.608. The first-order valence-electron chi connectivity index (χ1n) is 7.94. The number of benzene rings is 2. The van der Waals surface area contributed by atoms with Gasteiger partial charge in [-0.2, -0.15) is 5.10 Å². The number of amidine groups is 1. The molecule has 0 saturated carbocycles. The maximum Gasteiger partial charge on any atom is 0.177 e. The van der Waals surface area contributed by atoms with Gasteiger partial charge in [0, 0.05) is 0 Å². The zero-order valence-corrected chi connectivity index (χ0v) is 15.8. The van der Waals surface area contributed by atoms with Crippen LogP contribution in [0.1, 0.15) is 16.7 Å². The van der Waals surface area contributed by atoms with Crippen LogP contribution in [-0.2, 0) is 6.54 Å². The number of aryl methyl sites for hydroxylation is 1. The Morgan fingerprint density at radius 3 is 2.60 bits per heavy atom. The van der Waals surface area contributed by atoms with Crippen molar-refractivity contribution in [3.8, 4) is 5.69 Å². The van der Waals surface area contributed by atoms with Crippen molar-refractivity contribution in [3.05, 3.63) is 81.2 Å². The zero-order valence-electron chi connectivity index (χ0n) is 13.6. The molecule has 2 heterocycles. The molecule has 0 amide bonds. The first kappa shape index (κ1) is 16.1. The van der Waals surface area contributed by atoms with Crippen molar-refractivity contribution >= 4 is 28.4 Å². The highest BCUT2D eigenvalue weighted by molar-refractivity contribution is 14.1. The normalized spacial score (nSPS) is 13.7. The first-order valence-corrected chi connectivity index (χ1v) is 9.01. The Kier molecular flexibility index (Phi) is 4.41. The number of nitrogens with zero attached hydrogens (tertiary/aromatic N) is 4. The van der Waals surface area contributed by atoms with Crippen LogP contribution >= 0.6 is 22.6 Å². The summed E-state index contributed by atoms with van der Waals surface area (Å²) in [5.41, 5.74) is 10.4. The third-order valence-electron chi connectivity index (χ3n) is 4.08. The van der Waals surface area contributed by atoms with E-state index in [9.17, 15) is 0 Å². The second-order valence-corrected chi connectivity index (χ2v) is 6.80. The molecule has 6 nitrogen and oxygen atoms in total. The highest BCUT2D eigenvalue weighted by Crippen LogP contribution is 2.22. The van der Waals surface area contributed by atoms with Gasteiger partial charge < -0.3 is 0 Å². The molecule has 0 unspecified atom stereocenters. The number of nitrogens with one attached hydrogen (secondary N) is 2. The molecule has 126 valence electrons. The molecule has 2 N–H and O–H groups in total. The minimum absolute atomic E-state index is 0.707. The predicted molar refractivity (Wildman–Crippen MR) is 106 cm³/mol. The number of para-hydroxylation sites is 1. The van der Waals surface area contributed by atoms with E-state index in [-0.39, 0.29) is 0 Å². The average Bonchev–Trinajstić information content (AvgIpc) is 3.23. The van der Waals surface area contributed by atoms with Crippen molar-refractivity contribution < 1.29 is 0 Å². The van der Waals surface area contributed by atoms with Crippen molar-refractivity contribution in [2.75, 3.05) is 0 Å². The minimum Gasteiger partial charge on any atom is -0.266 e. The molecule has 0 aliphatic carbocycles. The van der Waals surface area contributed by atoms with Gasteiger partial charge in [0.25, 0.3) is 0 Å². The van der Waals surface area contributed by atoms with E-state index in [1.54, 1.807) is 0 Å². The monoisotopic (exact) mass is 444 g/mol. The van der Waals surface area contributed by atoms with Crippen LogP contribution < -0.4 is 11.1 Å². The number of hydrogen-bond donors (Lipinski definition) is 2. The molecule has 0 radical (unpaired) electrons. The maximum atomic E-state index is 4.58. The van der Waals surface area contributed by atoms with E-state index in [1.165, 1.54) is 11.1 Å². The number of rotatable bonds is 4. The second kappa shape index (κ2) is 6.85. The lowest BCUT2D eigenvalue weighted by Crippen LogP contribution is -2.40. The third-order valence-corrected chi connectivity index (χ3v) is 5.12. The van der Waals surface area contributed by atoms with Crippen LogP contribution in [0.2, 0.25) is 0 Å². The Morgan fingerprint density at radius 2 is 1.80 bits per heavy atom. The van der Waals surface area contributed by atoms with Crippen LogP contribution in [0.15, 0.2) is 65.9 Å². The standard InChI is InChI=1S/C18H17IN6/c1-13-7-5-6-10-16(13)25-17(19)15(11-20-25)18-21-22-23-24(18)12-14-8-3-2-4-9-14/h2-11,22-23H,12H2,1H3. The van der Waals surface area contributed by atoms with Gasteiger partial charge in [-0.15, -0.1) is 10.6 Å². The van der Waals surface area contributed by atoms with E-state index < -0.39 is 0 Å². The Labute approximate surface area is 159 Å². The predicted octanol–water partition coefficient (Wildman–Crippen LogP) is 2.97. The molecule has 2 aromatic carbocycles. The van der Waals surface area contributed by atoms with Gasteiger partial charge in [-0.3, -0.25) is 5.01 Å². The summed E-state index contributed by atoms with van der Waals surface area (Å²) in [7, 11) is 0. The van der Waals surface area contributed by atoms with E-state index in [4.69, 9.17) is 0 Å². The highest BCUT2D eigenvalue weighted by Gasteiger charge is 2.24. The van der Waals surface area contributed by atoms with E-state index in [0.29, 0.717) is 6.54 Å². The summed E-state index contributed by atoms with van der Waals surface area (Å²) in [5.74, 6) is 0.827. The Morgan fingerprint density at radius 1 is 1.04 bits per heavy atom. The third kappa shape index (κ3) is 3.12. The molecule has 1 aliphatic rings. The largest absolute Gasteiger partial charge is 0.266 e. The lowest BCUT2D eigenvalue weighted by molar-refractivity contribution is 0.288. The molecule has 3 aromatic rings. The van der Waals surface area contributed by atoms with Gasteiger partial charge in [-0.25, -0.2) is 10.2 Å². The Hall–Kier alpha value is -2.39. The molecule has 0 spiro atoms. The maximum absolute atomic E-state index is 4.58. The molecular formula is C18H17IN6. The summed E-state index contributed by atoms with van der Waals surface area (Å²) in [6.45, 7) is 2.79. The number of hydrazine groups is 2. The zero-order chi connectivity index (χ0) is 17.2. The van der Waals surface area contributed by atoms with E-state index >= 15 is 0 Å². The molecule has 0 saturated heterocycles.